The molecule has 0 aromatic carbocycles. The van der Waals surface area contributed by atoms with Gasteiger partial charge in [0.15, 0.2) is 6.29 Å². The zero-order valence-electron chi connectivity index (χ0n) is 22.6. The first-order valence-electron chi connectivity index (χ1n) is 14.8. The van der Waals surface area contributed by atoms with Crippen LogP contribution in [-0.2, 0) is 9.47 Å². The Labute approximate surface area is 222 Å². The SMILES string of the molecule is CCCCCCCCCOC(CCCCCCC/C=C/CCI)OCCCCCCCCC. The lowest BCUT2D eigenvalue weighted by molar-refractivity contribution is -0.148. The molecular weight excluding hydrogens is 519 g/mol. The average molecular weight is 579 g/mol. The summed E-state index contributed by atoms with van der Waals surface area (Å²) < 4.78 is 13.6. The van der Waals surface area contributed by atoms with Gasteiger partial charge in [0.25, 0.3) is 0 Å². The highest BCUT2D eigenvalue weighted by Gasteiger charge is 2.09. The van der Waals surface area contributed by atoms with Crippen molar-refractivity contribution in [2.24, 2.45) is 0 Å². The summed E-state index contributed by atoms with van der Waals surface area (Å²) in [6, 6.07) is 0. The second-order valence-corrected chi connectivity index (χ2v) is 10.8. The van der Waals surface area contributed by atoms with Crippen LogP contribution in [0.25, 0.3) is 0 Å². The zero-order chi connectivity index (χ0) is 24.1. The molecule has 0 heterocycles. The van der Waals surface area contributed by atoms with E-state index in [2.05, 4.69) is 48.6 Å². The van der Waals surface area contributed by atoms with Crippen LogP contribution in [0.1, 0.15) is 155 Å². The van der Waals surface area contributed by atoms with Crippen LogP contribution in [-0.4, -0.2) is 23.9 Å². The number of unbranched alkanes of at least 4 members (excludes halogenated alkanes) is 17. The van der Waals surface area contributed by atoms with Gasteiger partial charge in [-0.3, -0.25) is 0 Å². The van der Waals surface area contributed by atoms with Crippen LogP contribution in [0, 0.1) is 0 Å². The van der Waals surface area contributed by atoms with Crippen LogP contribution >= 0.6 is 22.6 Å². The standard InChI is InChI=1S/C30H59IO2/c1-3-5-7-9-16-20-24-28-32-30(33-29-25-21-17-10-8-6-4-2)26-22-18-14-12-11-13-15-19-23-27-31/h15,19,30H,3-14,16-18,20-29H2,1-2H3/b19-15+. The smallest absolute Gasteiger partial charge is 0.157 e. The van der Waals surface area contributed by atoms with E-state index in [9.17, 15) is 0 Å². The predicted molar refractivity (Wildman–Crippen MR) is 157 cm³/mol. The first-order valence-corrected chi connectivity index (χ1v) is 16.3. The molecule has 0 amide bonds. The third-order valence-corrected chi connectivity index (χ3v) is 6.98. The van der Waals surface area contributed by atoms with E-state index in [0.29, 0.717) is 0 Å². The molecule has 33 heavy (non-hydrogen) atoms. The molecule has 0 N–H and O–H groups in total. The molecule has 0 aromatic heterocycles. The summed E-state index contributed by atoms with van der Waals surface area (Å²) in [6.07, 6.45) is 33.6. The van der Waals surface area contributed by atoms with Crippen molar-refractivity contribution in [1.29, 1.82) is 0 Å². The largest absolute Gasteiger partial charge is 0.353 e. The summed E-state index contributed by atoms with van der Waals surface area (Å²) in [4.78, 5) is 0. The Bertz CT molecular complexity index is 352. The lowest BCUT2D eigenvalue weighted by Crippen LogP contribution is -2.19. The molecule has 0 aliphatic rings. The van der Waals surface area contributed by atoms with Gasteiger partial charge in [-0.05, 0) is 44.9 Å². The van der Waals surface area contributed by atoms with Crippen molar-refractivity contribution < 1.29 is 9.47 Å². The second-order valence-electron chi connectivity index (χ2n) is 9.71. The maximum absolute atomic E-state index is 6.18. The van der Waals surface area contributed by atoms with Gasteiger partial charge in [-0.2, -0.15) is 0 Å². The molecule has 0 spiro atoms. The highest BCUT2D eigenvalue weighted by atomic mass is 127. The number of alkyl halides is 1. The van der Waals surface area contributed by atoms with E-state index in [1.54, 1.807) is 0 Å². The van der Waals surface area contributed by atoms with Gasteiger partial charge in [-0.15, -0.1) is 0 Å². The summed E-state index contributed by atoms with van der Waals surface area (Å²) in [5.41, 5.74) is 0. The van der Waals surface area contributed by atoms with E-state index >= 15 is 0 Å². The minimum Gasteiger partial charge on any atom is -0.353 e. The van der Waals surface area contributed by atoms with E-state index in [-0.39, 0.29) is 6.29 Å². The quantitative estimate of drug-likeness (QED) is 0.0302. The number of hydrogen-bond acceptors (Lipinski definition) is 2. The van der Waals surface area contributed by atoms with E-state index < -0.39 is 0 Å². The molecule has 0 saturated carbocycles. The Morgan fingerprint density at radius 3 is 1.45 bits per heavy atom. The molecule has 0 saturated heterocycles. The minimum absolute atomic E-state index is 0.0291. The molecule has 0 aliphatic carbocycles. The highest BCUT2D eigenvalue weighted by Crippen LogP contribution is 2.15. The van der Waals surface area contributed by atoms with Crippen LogP contribution in [0.2, 0.25) is 0 Å². The molecule has 0 bridgehead atoms. The Hall–Kier alpha value is 0.390. The summed E-state index contributed by atoms with van der Waals surface area (Å²) in [5, 5.41) is 0. The molecule has 2 nitrogen and oxygen atoms in total. The van der Waals surface area contributed by atoms with Crippen molar-refractivity contribution >= 4 is 22.6 Å². The molecular formula is C30H59IO2. The van der Waals surface area contributed by atoms with Gasteiger partial charge in [0.2, 0.25) is 0 Å². The van der Waals surface area contributed by atoms with E-state index in [0.717, 1.165) is 19.6 Å². The molecule has 0 radical (unpaired) electrons. The zero-order valence-corrected chi connectivity index (χ0v) is 24.8. The third kappa shape index (κ3) is 28.5. The van der Waals surface area contributed by atoms with Crippen LogP contribution in [0.5, 0.6) is 0 Å². The highest BCUT2D eigenvalue weighted by molar-refractivity contribution is 14.1. The second kappa shape index (κ2) is 30.4. The number of halogens is 1. The monoisotopic (exact) mass is 578 g/mol. The summed E-state index contributed by atoms with van der Waals surface area (Å²) >= 11 is 2.44. The number of rotatable bonds is 28. The molecule has 0 aliphatic heterocycles. The van der Waals surface area contributed by atoms with E-state index in [1.165, 1.54) is 139 Å². The van der Waals surface area contributed by atoms with Gasteiger partial charge in [0.05, 0.1) is 0 Å². The Balaban J connectivity index is 3.87. The fourth-order valence-electron chi connectivity index (χ4n) is 4.16. The molecule has 0 rings (SSSR count). The van der Waals surface area contributed by atoms with Gasteiger partial charge >= 0.3 is 0 Å². The van der Waals surface area contributed by atoms with Crippen molar-refractivity contribution in [3.63, 3.8) is 0 Å². The maximum Gasteiger partial charge on any atom is 0.157 e. The molecule has 198 valence electrons. The Morgan fingerprint density at radius 1 is 0.515 bits per heavy atom. The maximum atomic E-state index is 6.18. The first-order chi connectivity index (χ1) is 16.3. The fourth-order valence-corrected chi connectivity index (χ4v) is 4.52. The van der Waals surface area contributed by atoms with Crippen molar-refractivity contribution in [3.05, 3.63) is 12.2 Å². The predicted octanol–water partition coefficient (Wildman–Crippen LogP) is 11.0. The van der Waals surface area contributed by atoms with E-state index in [1.807, 2.05) is 0 Å². The Morgan fingerprint density at radius 2 is 0.939 bits per heavy atom. The molecule has 0 unspecified atom stereocenters. The van der Waals surface area contributed by atoms with Crippen molar-refractivity contribution in [2.45, 2.75) is 161 Å². The van der Waals surface area contributed by atoms with Crippen LogP contribution in [0.4, 0.5) is 0 Å². The van der Waals surface area contributed by atoms with Gasteiger partial charge in [-0.1, -0.05) is 145 Å². The van der Waals surface area contributed by atoms with Crippen molar-refractivity contribution in [3.8, 4) is 0 Å². The molecule has 3 heteroatoms. The summed E-state index contributed by atoms with van der Waals surface area (Å²) in [5.74, 6) is 0. The van der Waals surface area contributed by atoms with Crippen molar-refractivity contribution in [2.75, 3.05) is 17.6 Å². The minimum atomic E-state index is 0.0291. The lowest BCUT2D eigenvalue weighted by Gasteiger charge is -2.19. The third-order valence-electron chi connectivity index (χ3n) is 6.36. The molecule has 0 fully saturated rings. The lowest BCUT2D eigenvalue weighted by atomic mass is 10.1. The van der Waals surface area contributed by atoms with Crippen LogP contribution < -0.4 is 0 Å². The van der Waals surface area contributed by atoms with Crippen molar-refractivity contribution in [1.82, 2.24) is 0 Å². The molecule has 0 aromatic rings. The first kappa shape index (κ1) is 33.4. The van der Waals surface area contributed by atoms with Crippen LogP contribution in [0.15, 0.2) is 12.2 Å². The van der Waals surface area contributed by atoms with Gasteiger partial charge in [-0.25, -0.2) is 0 Å². The fraction of sp³-hybridized carbons (Fsp3) is 0.933. The van der Waals surface area contributed by atoms with Gasteiger partial charge in [0.1, 0.15) is 0 Å². The molecule has 0 atom stereocenters. The van der Waals surface area contributed by atoms with E-state index in [4.69, 9.17) is 9.47 Å². The van der Waals surface area contributed by atoms with Gasteiger partial charge < -0.3 is 9.47 Å². The average Bonchev–Trinajstić information content (AvgIpc) is 2.83. The topological polar surface area (TPSA) is 18.5 Å². The number of ether oxygens (including phenoxy) is 2. The normalized spacial score (nSPS) is 11.9. The van der Waals surface area contributed by atoms with Crippen LogP contribution in [0.3, 0.4) is 0 Å². The number of allylic oxidation sites excluding steroid dienone is 2. The summed E-state index contributed by atoms with van der Waals surface area (Å²) in [6.45, 7) is 6.32. The Kier molecular flexibility index (Phi) is 30.8. The summed E-state index contributed by atoms with van der Waals surface area (Å²) in [7, 11) is 0. The van der Waals surface area contributed by atoms with Gasteiger partial charge in [0, 0.05) is 17.6 Å². The number of hydrogen-bond donors (Lipinski definition) is 0.